The van der Waals surface area contributed by atoms with Gasteiger partial charge in [0.2, 0.25) is 0 Å². The third-order valence-corrected chi connectivity index (χ3v) is 3.85. The lowest BCUT2D eigenvalue weighted by Gasteiger charge is -2.15. The number of hydrogen-bond acceptors (Lipinski definition) is 2. The van der Waals surface area contributed by atoms with Crippen molar-refractivity contribution in [2.24, 2.45) is 0 Å². The van der Waals surface area contributed by atoms with Crippen molar-refractivity contribution in [3.63, 3.8) is 0 Å². The summed E-state index contributed by atoms with van der Waals surface area (Å²) < 4.78 is 0.849. The molecular formula is C16H9BrClNO2. The number of amides is 2. The molecule has 0 radical (unpaired) electrons. The molecule has 104 valence electrons. The molecule has 1 aliphatic rings. The standard InChI is InChI=1S/C16H9BrClNO2/c17-11-4-1-3-10(7-11)14-9-15(20)19(16(14)21)13-6-2-5-12(18)8-13/h1-9H. The number of nitrogens with zero attached hydrogens (tertiary/aromatic N) is 1. The van der Waals surface area contributed by atoms with Crippen molar-refractivity contribution < 1.29 is 9.59 Å². The van der Waals surface area contributed by atoms with Gasteiger partial charge in [-0.2, -0.15) is 0 Å². The SMILES string of the molecule is O=C1C=C(c2cccc(Br)c2)C(=O)N1c1cccc(Cl)c1. The summed E-state index contributed by atoms with van der Waals surface area (Å²) in [6.45, 7) is 0. The fraction of sp³-hybridized carbons (Fsp3) is 0. The maximum absolute atomic E-state index is 12.5. The molecule has 0 saturated heterocycles. The van der Waals surface area contributed by atoms with Gasteiger partial charge in [-0.1, -0.05) is 45.7 Å². The first-order valence-corrected chi connectivity index (χ1v) is 7.35. The van der Waals surface area contributed by atoms with Crippen LogP contribution in [0.3, 0.4) is 0 Å². The van der Waals surface area contributed by atoms with E-state index >= 15 is 0 Å². The highest BCUT2D eigenvalue weighted by atomic mass is 79.9. The highest BCUT2D eigenvalue weighted by Crippen LogP contribution is 2.30. The Hall–Kier alpha value is -1.91. The zero-order valence-corrected chi connectivity index (χ0v) is 13.1. The lowest BCUT2D eigenvalue weighted by molar-refractivity contribution is -0.119. The monoisotopic (exact) mass is 361 g/mol. The zero-order chi connectivity index (χ0) is 15.0. The van der Waals surface area contributed by atoms with E-state index in [-0.39, 0.29) is 11.8 Å². The molecule has 2 amide bonds. The molecule has 0 aliphatic carbocycles. The van der Waals surface area contributed by atoms with E-state index in [2.05, 4.69) is 15.9 Å². The number of rotatable bonds is 2. The fourth-order valence-corrected chi connectivity index (χ4v) is 2.78. The summed E-state index contributed by atoms with van der Waals surface area (Å²) in [5.74, 6) is -0.711. The minimum atomic E-state index is -0.364. The van der Waals surface area contributed by atoms with Crippen molar-refractivity contribution >= 4 is 50.6 Å². The van der Waals surface area contributed by atoms with E-state index in [1.54, 1.807) is 36.4 Å². The number of halogens is 2. The molecule has 0 atom stereocenters. The van der Waals surface area contributed by atoms with Gasteiger partial charge in [0.15, 0.2) is 0 Å². The molecule has 1 aliphatic heterocycles. The van der Waals surface area contributed by atoms with E-state index in [0.717, 1.165) is 9.37 Å². The first-order valence-electron chi connectivity index (χ1n) is 6.18. The van der Waals surface area contributed by atoms with Crippen molar-refractivity contribution in [3.05, 3.63) is 69.7 Å². The van der Waals surface area contributed by atoms with Crippen molar-refractivity contribution in [2.45, 2.75) is 0 Å². The van der Waals surface area contributed by atoms with Gasteiger partial charge < -0.3 is 0 Å². The number of imide groups is 1. The average Bonchev–Trinajstić information content (AvgIpc) is 2.74. The van der Waals surface area contributed by atoms with Crippen LogP contribution in [0.15, 0.2) is 59.1 Å². The van der Waals surface area contributed by atoms with Gasteiger partial charge in [0.25, 0.3) is 11.8 Å². The summed E-state index contributed by atoms with van der Waals surface area (Å²) in [7, 11) is 0. The van der Waals surface area contributed by atoms with Crippen LogP contribution in [-0.4, -0.2) is 11.8 Å². The summed E-state index contributed by atoms with van der Waals surface area (Å²) >= 11 is 9.28. The Morgan fingerprint density at radius 2 is 1.76 bits per heavy atom. The maximum Gasteiger partial charge on any atom is 0.266 e. The molecule has 21 heavy (non-hydrogen) atoms. The fourth-order valence-electron chi connectivity index (χ4n) is 2.19. The van der Waals surface area contributed by atoms with Gasteiger partial charge in [0, 0.05) is 15.6 Å². The molecule has 0 bridgehead atoms. The van der Waals surface area contributed by atoms with Crippen LogP contribution in [0.25, 0.3) is 5.57 Å². The minimum absolute atomic E-state index is 0.347. The lowest BCUT2D eigenvalue weighted by atomic mass is 10.1. The quantitative estimate of drug-likeness (QED) is 0.756. The number of carbonyl (C=O) groups is 2. The minimum Gasteiger partial charge on any atom is -0.269 e. The van der Waals surface area contributed by atoms with Gasteiger partial charge in [-0.15, -0.1) is 0 Å². The molecule has 0 aromatic heterocycles. The summed E-state index contributed by atoms with van der Waals surface area (Å²) in [5, 5.41) is 0.476. The molecule has 1 heterocycles. The molecule has 2 aromatic carbocycles. The topological polar surface area (TPSA) is 37.4 Å². The van der Waals surface area contributed by atoms with Gasteiger partial charge >= 0.3 is 0 Å². The highest BCUT2D eigenvalue weighted by Gasteiger charge is 2.33. The molecular weight excluding hydrogens is 354 g/mol. The summed E-state index contributed by atoms with van der Waals surface area (Å²) in [6.07, 6.45) is 1.35. The van der Waals surface area contributed by atoms with Crippen LogP contribution in [-0.2, 0) is 9.59 Å². The van der Waals surface area contributed by atoms with Crippen LogP contribution >= 0.6 is 27.5 Å². The summed E-state index contributed by atoms with van der Waals surface area (Å²) in [5.41, 5.74) is 1.55. The zero-order valence-electron chi connectivity index (χ0n) is 10.7. The average molecular weight is 363 g/mol. The van der Waals surface area contributed by atoms with Gasteiger partial charge in [-0.3, -0.25) is 9.59 Å². The Labute approximate surface area is 135 Å². The van der Waals surface area contributed by atoms with E-state index in [1.807, 2.05) is 12.1 Å². The van der Waals surface area contributed by atoms with Gasteiger partial charge in [0.1, 0.15) is 0 Å². The van der Waals surface area contributed by atoms with Gasteiger partial charge in [0.05, 0.1) is 11.3 Å². The molecule has 2 aromatic rings. The second-order valence-electron chi connectivity index (χ2n) is 4.53. The second-order valence-corrected chi connectivity index (χ2v) is 5.88. The van der Waals surface area contributed by atoms with Crippen LogP contribution in [0.1, 0.15) is 5.56 Å². The molecule has 0 fully saturated rings. The Balaban J connectivity index is 2.00. The van der Waals surface area contributed by atoms with E-state index in [1.165, 1.54) is 6.08 Å². The smallest absolute Gasteiger partial charge is 0.266 e. The van der Waals surface area contributed by atoms with Crippen molar-refractivity contribution in [2.75, 3.05) is 4.90 Å². The van der Waals surface area contributed by atoms with Crippen molar-refractivity contribution in [1.29, 1.82) is 0 Å². The highest BCUT2D eigenvalue weighted by molar-refractivity contribution is 9.10. The molecule has 5 heteroatoms. The largest absolute Gasteiger partial charge is 0.269 e. The molecule has 3 rings (SSSR count). The van der Waals surface area contributed by atoms with Crippen LogP contribution < -0.4 is 4.90 Å². The number of benzene rings is 2. The second kappa shape index (κ2) is 5.47. The third kappa shape index (κ3) is 2.64. The van der Waals surface area contributed by atoms with Crippen LogP contribution in [0.2, 0.25) is 5.02 Å². The number of hydrogen-bond donors (Lipinski definition) is 0. The molecule has 0 N–H and O–H groups in total. The summed E-state index contributed by atoms with van der Waals surface area (Å²) in [4.78, 5) is 25.8. The Morgan fingerprint density at radius 1 is 1.00 bits per heavy atom. The molecule has 0 unspecified atom stereocenters. The van der Waals surface area contributed by atoms with Crippen molar-refractivity contribution in [3.8, 4) is 0 Å². The molecule has 0 saturated carbocycles. The maximum atomic E-state index is 12.5. The predicted octanol–water partition coefficient (Wildman–Crippen LogP) is 4.06. The molecule has 3 nitrogen and oxygen atoms in total. The third-order valence-electron chi connectivity index (χ3n) is 3.12. The normalized spacial score (nSPS) is 14.6. The van der Waals surface area contributed by atoms with Crippen LogP contribution in [0.4, 0.5) is 5.69 Å². The summed E-state index contributed by atoms with van der Waals surface area (Å²) in [6, 6.07) is 13.9. The van der Waals surface area contributed by atoms with E-state index < -0.39 is 0 Å². The van der Waals surface area contributed by atoms with Gasteiger partial charge in [-0.05, 0) is 35.9 Å². The number of carbonyl (C=O) groups excluding carboxylic acids is 2. The first kappa shape index (κ1) is 14.0. The lowest BCUT2D eigenvalue weighted by Crippen LogP contribution is -2.30. The van der Waals surface area contributed by atoms with E-state index in [4.69, 9.17) is 11.6 Å². The Morgan fingerprint density at radius 3 is 2.48 bits per heavy atom. The van der Waals surface area contributed by atoms with E-state index in [9.17, 15) is 9.59 Å². The van der Waals surface area contributed by atoms with E-state index in [0.29, 0.717) is 21.8 Å². The van der Waals surface area contributed by atoms with Crippen molar-refractivity contribution in [1.82, 2.24) is 0 Å². The number of anilines is 1. The van der Waals surface area contributed by atoms with Gasteiger partial charge in [-0.25, -0.2) is 4.90 Å². The Bertz CT molecular complexity index is 785. The first-order chi connectivity index (χ1) is 10.1. The Kier molecular flexibility index (Phi) is 3.66. The van der Waals surface area contributed by atoms with Crippen LogP contribution in [0.5, 0.6) is 0 Å². The van der Waals surface area contributed by atoms with Crippen LogP contribution in [0, 0.1) is 0 Å². The molecule has 0 spiro atoms. The predicted molar refractivity (Wildman–Crippen MR) is 86.1 cm³/mol.